The van der Waals surface area contributed by atoms with Gasteiger partial charge in [-0.25, -0.2) is 4.39 Å². The molecule has 0 aliphatic carbocycles. The number of halogens is 1. The number of hydrogen-bond donors (Lipinski definition) is 1. The van der Waals surface area contributed by atoms with Crippen LogP contribution in [0, 0.1) is 0 Å². The molecule has 5 heterocycles. The topological polar surface area (TPSA) is 66.9 Å². The largest absolute Gasteiger partial charge is 0.486 e. The van der Waals surface area contributed by atoms with Crippen molar-refractivity contribution in [2.45, 2.75) is 56.6 Å². The van der Waals surface area contributed by atoms with Crippen LogP contribution >= 0.6 is 0 Å². The number of hydrogen-bond acceptors (Lipinski definition) is 6. The highest BCUT2D eigenvalue weighted by Gasteiger charge is 2.36. The van der Waals surface area contributed by atoms with Gasteiger partial charge >= 0.3 is 0 Å². The van der Waals surface area contributed by atoms with Gasteiger partial charge in [0.25, 0.3) is 5.91 Å². The minimum absolute atomic E-state index is 0.0926. The average Bonchev–Trinajstić information content (AvgIpc) is 3.69. The van der Waals surface area contributed by atoms with Crippen molar-refractivity contribution in [3.63, 3.8) is 0 Å². The number of nitrogens with zero attached hydrogens (tertiary/aromatic N) is 3. The Bertz CT molecular complexity index is 1370. The Kier molecular flexibility index (Phi) is 6.70. The molecule has 3 saturated heterocycles. The number of carbonyl (C=O) groups excluding carboxylic acids is 1. The highest BCUT2D eigenvalue weighted by Crippen LogP contribution is 2.32. The molecule has 1 aromatic heterocycles. The van der Waals surface area contributed by atoms with Crippen LogP contribution in [-0.2, 0) is 17.8 Å². The van der Waals surface area contributed by atoms with Crippen molar-refractivity contribution in [1.82, 2.24) is 20.1 Å². The van der Waals surface area contributed by atoms with E-state index in [1.807, 2.05) is 23.1 Å². The zero-order chi connectivity index (χ0) is 26.3. The Balaban J connectivity index is 0.987. The zero-order valence-corrected chi connectivity index (χ0v) is 22.2. The number of benzene rings is 2. The fraction of sp³-hybridized carbons (Fsp3) is 0.484. The third-order valence-electron chi connectivity index (χ3n) is 8.71. The van der Waals surface area contributed by atoms with Gasteiger partial charge in [0, 0.05) is 67.9 Å². The third kappa shape index (κ3) is 5.01. The van der Waals surface area contributed by atoms with E-state index in [9.17, 15) is 4.79 Å². The maximum atomic E-state index is 15.1. The summed E-state index contributed by atoms with van der Waals surface area (Å²) in [6.45, 7) is 5.54. The maximum absolute atomic E-state index is 15.1. The number of nitrogens with one attached hydrogen (secondary N) is 1. The molecule has 3 aromatic rings. The summed E-state index contributed by atoms with van der Waals surface area (Å²) in [4.78, 5) is 21.9. The molecule has 39 heavy (non-hydrogen) atoms. The van der Waals surface area contributed by atoms with Crippen LogP contribution in [0.2, 0.25) is 0 Å². The van der Waals surface area contributed by atoms with Gasteiger partial charge in [-0.2, -0.15) is 0 Å². The molecular weight excluding hydrogens is 495 g/mol. The van der Waals surface area contributed by atoms with E-state index >= 15 is 4.39 Å². The van der Waals surface area contributed by atoms with Crippen molar-refractivity contribution in [1.29, 1.82) is 0 Å². The molecule has 4 aliphatic rings. The van der Waals surface area contributed by atoms with Crippen molar-refractivity contribution in [2.75, 3.05) is 39.4 Å². The number of fused-ring (bicyclic) bond motifs is 2. The van der Waals surface area contributed by atoms with E-state index in [0.29, 0.717) is 37.8 Å². The van der Waals surface area contributed by atoms with Gasteiger partial charge in [-0.3, -0.25) is 14.7 Å². The van der Waals surface area contributed by atoms with Gasteiger partial charge in [0.1, 0.15) is 11.9 Å². The molecular formula is C31H35FN4O3. The lowest BCUT2D eigenvalue weighted by atomic mass is 10.0. The lowest BCUT2D eigenvalue weighted by molar-refractivity contribution is 0.0674. The second-order valence-corrected chi connectivity index (χ2v) is 11.4. The molecule has 4 atom stereocenters. The Morgan fingerprint density at radius 1 is 1.10 bits per heavy atom. The highest BCUT2D eigenvalue weighted by molar-refractivity contribution is 5.98. The summed E-state index contributed by atoms with van der Waals surface area (Å²) < 4.78 is 26.7. The van der Waals surface area contributed by atoms with Gasteiger partial charge in [0.15, 0.2) is 6.17 Å². The summed E-state index contributed by atoms with van der Waals surface area (Å²) in [7, 11) is 0. The Morgan fingerprint density at radius 2 is 2.05 bits per heavy atom. The number of likely N-dealkylation sites (tertiary alicyclic amines) is 1. The molecule has 1 N–H and O–H groups in total. The zero-order valence-electron chi connectivity index (χ0n) is 22.2. The molecule has 3 fully saturated rings. The van der Waals surface area contributed by atoms with E-state index < -0.39 is 12.3 Å². The van der Waals surface area contributed by atoms with Crippen LogP contribution < -0.4 is 10.1 Å². The van der Waals surface area contributed by atoms with Gasteiger partial charge in [-0.1, -0.05) is 12.1 Å². The predicted molar refractivity (Wildman–Crippen MR) is 147 cm³/mol. The lowest BCUT2D eigenvalue weighted by Crippen LogP contribution is -2.46. The second kappa shape index (κ2) is 10.5. The van der Waals surface area contributed by atoms with E-state index in [4.69, 9.17) is 14.5 Å². The van der Waals surface area contributed by atoms with E-state index in [1.54, 1.807) is 0 Å². The number of carbonyl (C=O) groups is 1. The standard InChI is InChI=1S/C31H35FN4O3/c32-27-17-35(15-20-3-7-28-21(12-20)4-8-29(34-28)22-9-11-38-19-22)18-30(27)39-25-5-6-26-23(13-25)16-36(31(26)37)24-2-1-10-33-14-24/h3-8,12-13,22,24,27,30,33H,1-2,9-11,14-19H2/t22-,24?,27+,30-/m1/s1. The number of alkyl halides is 1. The quantitative estimate of drug-likeness (QED) is 0.519. The first kappa shape index (κ1) is 24.9. The van der Waals surface area contributed by atoms with Crippen LogP contribution in [0.25, 0.3) is 10.9 Å². The minimum atomic E-state index is -1.07. The number of ether oxygens (including phenoxy) is 2. The SMILES string of the molecule is O=C1c2ccc(O[C@@H]3CN(Cc4ccc5nc([C@@H]6CCOC6)ccc5c4)C[C@@H]3F)cc2CN1C1CCCNC1. The van der Waals surface area contributed by atoms with E-state index in [2.05, 4.69) is 40.5 Å². The van der Waals surface area contributed by atoms with Crippen LogP contribution in [0.3, 0.4) is 0 Å². The van der Waals surface area contributed by atoms with Gasteiger partial charge in [0.05, 0.1) is 12.1 Å². The number of aromatic nitrogens is 1. The normalized spacial score (nSPS) is 27.4. The summed E-state index contributed by atoms with van der Waals surface area (Å²) in [5, 5.41) is 4.50. The molecule has 1 amide bonds. The summed E-state index contributed by atoms with van der Waals surface area (Å²) in [6, 6.07) is 16.4. The summed E-state index contributed by atoms with van der Waals surface area (Å²) in [5.41, 5.74) is 4.95. The smallest absolute Gasteiger partial charge is 0.254 e. The molecule has 0 saturated carbocycles. The molecule has 4 aliphatic heterocycles. The molecule has 7 rings (SSSR count). The first-order valence-electron chi connectivity index (χ1n) is 14.3. The molecule has 0 bridgehead atoms. The first-order chi connectivity index (χ1) is 19.1. The lowest BCUT2D eigenvalue weighted by Gasteiger charge is -2.31. The molecule has 1 unspecified atom stereocenters. The summed E-state index contributed by atoms with van der Waals surface area (Å²) >= 11 is 0. The molecule has 0 spiro atoms. The Labute approximate surface area is 228 Å². The van der Waals surface area contributed by atoms with Crippen molar-refractivity contribution in [2.24, 2.45) is 0 Å². The maximum Gasteiger partial charge on any atom is 0.254 e. The number of rotatable bonds is 6. The van der Waals surface area contributed by atoms with Crippen molar-refractivity contribution < 1.29 is 18.7 Å². The summed E-state index contributed by atoms with van der Waals surface area (Å²) in [6.07, 6.45) is 1.55. The van der Waals surface area contributed by atoms with E-state index in [-0.39, 0.29) is 11.9 Å². The number of amides is 1. The number of piperidine rings is 1. The molecule has 0 radical (unpaired) electrons. The van der Waals surface area contributed by atoms with Gasteiger partial charge in [-0.15, -0.1) is 0 Å². The van der Waals surface area contributed by atoms with Gasteiger partial charge in [-0.05, 0) is 73.3 Å². The van der Waals surface area contributed by atoms with Crippen LogP contribution in [0.1, 0.15) is 52.4 Å². The minimum Gasteiger partial charge on any atom is -0.486 e. The van der Waals surface area contributed by atoms with E-state index in [1.165, 1.54) is 0 Å². The predicted octanol–water partition coefficient (Wildman–Crippen LogP) is 4.05. The molecule has 204 valence electrons. The highest BCUT2D eigenvalue weighted by atomic mass is 19.1. The van der Waals surface area contributed by atoms with E-state index in [0.717, 1.165) is 78.9 Å². The monoisotopic (exact) mass is 530 g/mol. The van der Waals surface area contributed by atoms with Crippen molar-refractivity contribution in [3.8, 4) is 5.75 Å². The molecule has 7 nitrogen and oxygen atoms in total. The average molecular weight is 531 g/mol. The second-order valence-electron chi connectivity index (χ2n) is 11.4. The van der Waals surface area contributed by atoms with Gasteiger partial charge < -0.3 is 19.7 Å². The van der Waals surface area contributed by atoms with Gasteiger partial charge in [0.2, 0.25) is 0 Å². The van der Waals surface area contributed by atoms with Crippen molar-refractivity contribution in [3.05, 3.63) is 70.9 Å². The summed E-state index contributed by atoms with van der Waals surface area (Å²) in [5.74, 6) is 1.12. The molecule has 8 heteroatoms. The van der Waals surface area contributed by atoms with Crippen molar-refractivity contribution >= 4 is 16.8 Å². The third-order valence-corrected chi connectivity index (χ3v) is 8.71. The Morgan fingerprint density at radius 3 is 2.90 bits per heavy atom. The Hall–Kier alpha value is -3.07. The fourth-order valence-corrected chi connectivity index (χ4v) is 6.55. The van der Waals surface area contributed by atoms with Crippen LogP contribution in [0.4, 0.5) is 4.39 Å². The molecule has 2 aromatic carbocycles. The van der Waals surface area contributed by atoms with Crippen LogP contribution in [0.5, 0.6) is 5.75 Å². The van der Waals surface area contributed by atoms with Crippen LogP contribution in [-0.4, -0.2) is 78.4 Å². The first-order valence-corrected chi connectivity index (χ1v) is 14.3. The van der Waals surface area contributed by atoms with Crippen LogP contribution in [0.15, 0.2) is 48.5 Å². The fourth-order valence-electron chi connectivity index (χ4n) is 6.55. The number of pyridine rings is 1.